The van der Waals surface area contributed by atoms with E-state index in [0.29, 0.717) is 17.9 Å². The number of rotatable bonds is 13. The van der Waals surface area contributed by atoms with Crippen LogP contribution in [0.5, 0.6) is 0 Å². The van der Waals surface area contributed by atoms with Gasteiger partial charge in [0, 0.05) is 0 Å². The topological polar surface area (TPSA) is 0 Å². The first-order chi connectivity index (χ1) is 18.5. The Morgan fingerprint density at radius 1 is 0.632 bits per heavy atom. The SMILES string of the molecule is CCCCCCC[C@H]1CC[C@H](CCC2CCC(c3ccc(CCc4cc(F)c(Cl)c(F)c4)cc3)CC2)CC1. The lowest BCUT2D eigenvalue weighted by molar-refractivity contribution is 0.222. The highest BCUT2D eigenvalue weighted by atomic mass is 35.5. The Kier molecular flexibility index (Phi) is 12.0. The fourth-order valence-electron chi connectivity index (χ4n) is 7.10. The first-order valence-electron chi connectivity index (χ1n) is 15.7. The molecule has 2 aromatic rings. The van der Waals surface area contributed by atoms with Crippen molar-refractivity contribution in [2.75, 3.05) is 0 Å². The van der Waals surface area contributed by atoms with E-state index in [-0.39, 0.29) is 0 Å². The molecule has 0 atom stereocenters. The smallest absolute Gasteiger partial charge is 0.145 e. The zero-order chi connectivity index (χ0) is 26.7. The van der Waals surface area contributed by atoms with Crippen LogP contribution in [0.25, 0.3) is 0 Å². The summed E-state index contributed by atoms with van der Waals surface area (Å²) >= 11 is 5.60. The van der Waals surface area contributed by atoms with Gasteiger partial charge in [0.15, 0.2) is 0 Å². The van der Waals surface area contributed by atoms with E-state index in [0.717, 1.165) is 24.2 Å². The first-order valence-corrected chi connectivity index (χ1v) is 16.1. The average molecular weight is 543 g/mol. The van der Waals surface area contributed by atoms with E-state index in [1.807, 2.05) is 0 Å². The third-order valence-electron chi connectivity index (χ3n) is 9.71. The molecule has 0 spiro atoms. The van der Waals surface area contributed by atoms with Crippen LogP contribution in [0.3, 0.4) is 0 Å². The van der Waals surface area contributed by atoms with Crippen LogP contribution in [0.4, 0.5) is 8.78 Å². The minimum Gasteiger partial charge on any atom is -0.205 e. The van der Waals surface area contributed by atoms with Crippen LogP contribution in [-0.4, -0.2) is 0 Å². The first kappa shape index (κ1) is 29.6. The molecule has 0 nitrogen and oxygen atoms in total. The van der Waals surface area contributed by atoms with E-state index in [2.05, 4.69) is 31.2 Å². The molecule has 0 aliphatic heterocycles. The predicted octanol–water partition coefficient (Wildman–Crippen LogP) is 11.6. The normalized spacial score (nSPS) is 24.0. The predicted molar refractivity (Wildman–Crippen MR) is 158 cm³/mol. The highest BCUT2D eigenvalue weighted by molar-refractivity contribution is 6.30. The van der Waals surface area contributed by atoms with Crippen molar-refractivity contribution in [3.63, 3.8) is 0 Å². The Morgan fingerprint density at radius 2 is 1.13 bits per heavy atom. The maximum absolute atomic E-state index is 13.7. The van der Waals surface area contributed by atoms with Gasteiger partial charge in [0.1, 0.15) is 16.7 Å². The van der Waals surface area contributed by atoms with Crippen LogP contribution in [0, 0.1) is 29.4 Å². The van der Waals surface area contributed by atoms with Gasteiger partial charge in [-0.2, -0.15) is 0 Å². The Bertz CT molecular complexity index is 929. The van der Waals surface area contributed by atoms with Crippen molar-refractivity contribution in [3.8, 4) is 0 Å². The van der Waals surface area contributed by atoms with Gasteiger partial charge in [0.25, 0.3) is 0 Å². The van der Waals surface area contributed by atoms with Gasteiger partial charge in [-0.15, -0.1) is 0 Å². The van der Waals surface area contributed by atoms with Gasteiger partial charge in [-0.05, 0) is 91.0 Å². The van der Waals surface area contributed by atoms with Gasteiger partial charge < -0.3 is 0 Å². The van der Waals surface area contributed by atoms with Crippen LogP contribution < -0.4 is 0 Å². The zero-order valence-corrected chi connectivity index (χ0v) is 24.4. The minimum absolute atomic E-state index is 0.418. The molecule has 3 heteroatoms. The van der Waals surface area contributed by atoms with Crippen LogP contribution in [0.15, 0.2) is 36.4 Å². The summed E-state index contributed by atoms with van der Waals surface area (Å²) in [5, 5.41) is -0.418. The van der Waals surface area contributed by atoms with E-state index in [9.17, 15) is 8.78 Å². The molecular formula is C35H49ClF2. The summed E-state index contributed by atoms with van der Waals surface area (Å²) in [5.74, 6) is 2.29. The molecule has 2 aliphatic carbocycles. The lowest BCUT2D eigenvalue weighted by Crippen LogP contribution is -2.18. The number of hydrogen-bond acceptors (Lipinski definition) is 0. The standard InChI is InChI=1S/C35H49ClF2/c1-2-3-4-5-6-7-26-8-10-27(11-9-26)12-13-28-16-20-31(21-17-28)32-22-18-29(19-23-32)14-15-30-24-33(37)35(36)34(38)25-30/h18-19,22-28,31H,2-17,20-21H2,1H3/t26-,27-,28?,31?. The van der Waals surface area contributed by atoms with Crippen LogP contribution in [-0.2, 0) is 12.8 Å². The third-order valence-corrected chi connectivity index (χ3v) is 10.1. The van der Waals surface area contributed by atoms with E-state index < -0.39 is 16.7 Å². The average Bonchev–Trinajstić information content (AvgIpc) is 2.95. The fraction of sp³-hybridized carbons (Fsp3) is 0.657. The van der Waals surface area contributed by atoms with Gasteiger partial charge in [-0.1, -0.05) is 120 Å². The lowest BCUT2D eigenvalue weighted by Gasteiger charge is -2.32. The molecule has 38 heavy (non-hydrogen) atoms. The Morgan fingerprint density at radius 3 is 1.71 bits per heavy atom. The van der Waals surface area contributed by atoms with Gasteiger partial charge >= 0.3 is 0 Å². The summed E-state index contributed by atoms with van der Waals surface area (Å²) in [6, 6.07) is 11.7. The minimum atomic E-state index is -0.677. The van der Waals surface area contributed by atoms with Gasteiger partial charge in [0.05, 0.1) is 0 Å². The molecule has 0 saturated heterocycles. The highest BCUT2D eigenvalue weighted by Crippen LogP contribution is 2.40. The second kappa shape index (κ2) is 15.4. The van der Waals surface area contributed by atoms with E-state index in [1.165, 1.54) is 126 Å². The summed E-state index contributed by atoms with van der Waals surface area (Å²) in [6.45, 7) is 2.30. The number of hydrogen-bond donors (Lipinski definition) is 0. The van der Waals surface area contributed by atoms with Crippen molar-refractivity contribution in [1.29, 1.82) is 0 Å². The monoisotopic (exact) mass is 542 g/mol. The summed E-state index contributed by atoms with van der Waals surface area (Å²) < 4.78 is 27.4. The van der Waals surface area contributed by atoms with E-state index >= 15 is 0 Å². The summed E-state index contributed by atoms with van der Waals surface area (Å²) in [4.78, 5) is 0. The molecule has 0 radical (unpaired) electrons. The molecule has 0 aromatic heterocycles. The molecule has 4 rings (SSSR count). The number of unbranched alkanes of at least 4 members (excludes halogenated alkanes) is 4. The lowest BCUT2D eigenvalue weighted by atomic mass is 9.74. The van der Waals surface area contributed by atoms with Gasteiger partial charge in [-0.3, -0.25) is 0 Å². The van der Waals surface area contributed by atoms with Crippen molar-refractivity contribution in [2.24, 2.45) is 17.8 Å². The van der Waals surface area contributed by atoms with Crippen molar-refractivity contribution in [1.82, 2.24) is 0 Å². The quantitative estimate of drug-likeness (QED) is 0.174. The summed E-state index contributed by atoms with van der Waals surface area (Å²) in [6.07, 6.45) is 24.3. The molecule has 2 fully saturated rings. The number of aryl methyl sites for hydroxylation is 2. The molecule has 2 saturated carbocycles. The molecule has 0 N–H and O–H groups in total. The Balaban J connectivity index is 1.11. The van der Waals surface area contributed by atoms with Crippen molar-refractivity contribution < 1.29 is 8.78 Å². The third kappa shape index (κ3) is 9.07. The molecule has 210 valence electrons. The van der Waals surface area contributed by atoms with Gasteiger partial charge in [0.2, 0.25) is 0 Å². The van der Waals surface area contributed by atoms with E-state index in [4.69, 9.17) is 11.6 Å². The van der Waals surface area contributed by atoms with Crippen LogP contribution in [0.1, 0.15) is 132 Å². The highest BCUT2D eigenvalue weighted by Gasteiger charge is 2.25. The number of benzene rings is 2. The molecular weight excluding hydrogens is 494 g/mol. The van der Waals surface area contributed by atoms with Crippen molar-refractivity contribution >= 4 is 11.6 Å². The maximum atomic E-state index is 13.7. The molecule has 2 aliphatic rings. The molecule has 0 bridgehead atoms. The summed E-state index contributed by atoms with van der Waals surface area (Å²) in [5.41, 5.74) is 3.32. The summed E-state index contributed by atoms with van der Waals surface area (Å²) in [7, 11) is 0. The second-order valence-electron chi connectivity index (χ2n) is 12.5. The van der Waals surface area contributed by atoms with Crippen molar-refractivity contribution in [2.45, 2.75) is 128 Å². The second-order valence-corrected chi connectivity index (χ2v) is 12.9. The Labute approximate surface area is 236 Å². The zero-order valence-electron chi connectivity index (χ0n) is 23.6. The molecule has 0 heterocycles. The van der Waals surface area contributed by atoms with Crippen molar-refractivity contribution in [3.05, 3.63) is 69.7 Å². The van der Waals surface area contributed by atoms with Crippen LogP contribution in [0.2, 0.25) is 5.02 Å². The largest absolute Gasteiger partial charge is 0.205 e. The Hall–Kier alpha value is -1.41. The maximum Gasteiger partial charge on any atom is 0.145 e. The van der Waals surface area contributed by atoms with Crippen LogP contribution >= 0.6 is 11.6 Å². The van der Waals surface area contributed by atoms with Gasteiger partial charge in [-0.25, -0.2) is 8.78 Å². The fourth-order valence-corrected chi connectivity index (χ4v) is 7.21. The van der Waals surface area contributed by atoms with E-state index in [1.54, 1.807) is 0 Å². The molecule has 0 amide bonds. The number of halogens is 3. The molecule has 0 unspecified atom stereocenters. The molecule has 2 aromatic carbocycles.